The molecule has 5 heterocycles. The van der Waals surface area contributed by atoms with Gasteiger partial charge in [0, 0.05) is 48.0 Å². The summed E-state index contributed by atoms with van der Waals surface area (Å²) in [4.78, 5) is 34.0. The molecule has 2 aromatic carbocycles. The van der Waals surface area contributed by atoms with Gasteiger partial charge >= 0.3 is 5.97 Å². The van der Waals surface area contributed by atoms with Gasteiger partial charge in [-0.05, 0) is 57.0 Å². The van der Waals surface area contributed by atoms with Crippen molar-refractivity contribution in [1.29, 1.82) is 0 Å². The van der Waals surface area contributed by atoms with Gasteiger partial charge in [-0.1, -0.05) is 17.7 Å². The van der Waals surface area contributed by atoms with Gasteiger partial charge < -0.3 is 34.5 Å². The Hall–Kier alpha value is -4.10. The van der Waals surface area contributed by atoms with Crippen LogP contribution in [-0.4, -0.2) is 82.7 Å². The average Bonchev–Trinajstić information content (AvgIpc) is 3.51. The van der Waals surface area contributed by atoms with Gasteiger partial charge in [0.15, 0.2) is 23.0 Å². The first-order valence-corrected chi connectivity index (χ1v) is 15.5. The van der Waals surface area contributed by atoms with Crippen molar-refractivity contribution in [2.24, 2.45) is 0 Å². The standard InChI is InChI=1S/C33H35ClN4O8/c1-14-9-17-10-21-33(42)38-20(25(37(21)4)23(17)26(40)27(14)43-5)11-19-24(22(38)12-36-32(41)18-7-6-8-35-31(18)34)30-29(44-13-45-30)15(2)28(19)46-16(3)39/h6-9,20-22,25,33,40,42H,10-13H2,1-5H3,(H,36,41)/t20?,21-,22-,25-,33-/m0/s1. The van der Waals surface area contributed by atoms with Crippen molar-refractivity contribution < 1.29 is 38.7 Å². The molecule has 1 unspecified atom stereocenters. The third kappa shape index (κ3) is 4.49. The average molecular weight is 651 g/mol. The van der Waals surface area contributed by atoms with Crippen LogP contribution in [0.25, 0.3) is 0 Å². The number of aryl methyl sites for hydroxylation is 1. The summed E-state index contributed by atoms with van der Waals surface area (Å²) < 4.78 is 23.4. The quantitative estimate of drug-likeness (QED) is 0.213. The highest BCUT2D eigenvalue weighted by atomic mass is 35.5. The van der Waals surface area contributed by atoms with E-state index in [1.54, 1.807) is 12.1 Å². The first-order valence-electron chi connectivity index (χ1n) is 15.1. The summed E-state index contributed by atoms with van der Waals surface area (Å²) in [5.41, 5.74) is 4.67. The number of benzene rings is 2. The number of aliphatic hydroxyl groups excluding tert-OH is 1. The maximum Gasteiger partial charge on any atom is 0.308 e. The third-order valence-electron chi connectivity index (χ3n) is 9.80. The number of fused-ring (bicyclic) bond motifs is 9. The number of rotatable bonds is 5. The summed E-state index contributed by atoms with van der Waals surface area (Å²) in [6.07, 6.45) is 1.34. The van der Waals surface area contributed by atoms with Crippen molar-refractivity contribution in [3.63, 3.8) is 0 Å². The minimum atomic E-state index is -0.975. The largest absolute Gasteiger partial charge is 0.504 e. The van der Waals surface area contributed by atoms with Crippen LogP contribution >= 0.6 is 11.6 Å². The number of phenolic OH excluding ortho intramolecular Hbond substituents is 1. The Bertz CT molecular complexity index is 1780. The molecule has 0 aliphatic carbocycles. The number of esters is 1. The number of piperazine rings is 1. The number of pyridine rings is 1. The monoisotopic (exact) mass is 650 g/mol. The summed E-state index contributed by atoms with van der Waals surface area (Å²) in [5.74, 6) is 0.826. The molecule has 1 aromatic heterocycles. The second-order valence-electron chi connectivity index (χ2n) is 12.2. The van der Waals surface area contributed by atoms with Crippen molar-refractivity contribution in [1.82, 2.24) is 20.1 Å². The normalized spacial score (nSPS) is 24.5. The summed E-state index contributed by atoms with van der Waals surface area (Å²) >= 11 is 6.25. The molecule has 1 fully saturated rings. The molecule has 12 nitrogen and oxygen atoms in total. The van der Waals surface area contributed by atoms with Crippen LogP contribution in [0.4, 0.5) is 0 Å². The van der Waals surface area contributed by atoms with Crippen LogP contribution in [0.15, 0.2) is 24.4 Å². The molecule has 0 radical (unpaired) electrons. The van der Waals surface area contributed by atoms with Crippen LogP contribution in [0, 0.1) is 13.8 Å². The number of halogens is 1. The Balaban J connectivity index is 1.42. The van der Waals surface area contributed by atoms with Crippen molar-refractivity contribution >= 4 is 23.5 Å². The fraction of sp³-hybridized carbons (Fsp3) is 0.424. The van der Waals surface area contributed by atoms with Crippen LogP contribution in [0.1, 0.15) is 62.7 Å². The molecule has 13 heteroatoms. The number of carbonyl (C=O) groups excluding carboxylic acids is 2. The number of ether oxygens (including phenoxy) is 4. The summed E-state index contributed by atoms with van der Waals surface area (Å²) in [5, 5.41) is 26.9. The molecule has 3 N–H and O–H groups in total. The summed E-state index contributed by atoms with van der Waals surface area (Å²) in [7, 11) is 3.47. The smallest absolute Gasteiger partial charge is 0.308 e. The zero-order valence-corrected chi connectivity index (χ0v) is 26.8. The molecular formula is C33H35ClN4O8. The van der Waals surface area contributed by atoms with Gasteiger partial charge in [-0.15, -0.1) is 0 Å². The molecule has 0 spiro atoms. The number of hydrogen-bond acceptors (Lipinski definition) is 11. The highest BCUT2D eigenvalue weighted by Crippen LogP contribution is 2.58. The van der Waals surface area contributed by atoms with Crippen molar-refractivity contribution in [3.8, 4) is 28.7 Å². The molecule has 4 aliphatic heterocycles. The van der Waals surface area contributed by atoms with E-state index in [0.717, 1.165) is 16.7 Å². The highest BCUT2D eigenvalue weighted by molar-refractivity contribution is 6.32. The van der Waals surface area contributed by atoms with E-state index in [0.29, 0.717) is 52.5 Å². The van der Waals surface area contributed by atoms with E-state index in [-0.39, 0.29) is 41.9 Å². The van der Waals surface area contributed by atoms with Crippen molar-refractivity contribution in [2.75, 3.05) is 27.5 Å². The van der Waals surface area contributed by atoms with E-state index < -0.39 is 30.2 Å². The molecule has 242 valence electrons. The Morgan fingerprint density at radius 2 is 1.91 bits per heavy atom. The lowest BCUT2D eigenvalue weighted by Gasteiger charge is -2.60. The molecular weight excluding hydrogens is 616 g/mol. The first-order chi connectivity index (χ1) is 22.0. The number of aliphatic hydroxyl groups is 1. The zero-order chi connectivity index (χ0) is 32.6. The van der Waals surface area contributed by atoms with E-state index in [1.165, 1.54) is 20.2 Å². The molecule has 1 saturated heterocycles. The summed E-state index contributed by atoms with van der Waals surface area (Å²) in [6.45, 7) is 5.05. The second kappa shape index (κ2) is 11.3. The number of amides is 1. The molecule has 3 aromatic rings. The maximum absolute atomic E-state index is 13.4. The fourth-order valence-corrected chi connectivity index (χ4v) is 8.17. The van der Waals surface area contributed by atoms with Gasteiger partial charge in [-0.2, -0.15) is 0 Å². The van der Waals surface area contributed by atoms with Gasteiger partial charge in [0.1, 0.15) is 17.1 Å². The van der Waals surface area contributed by atoms with Crippen LogP contribution in [0.5, 0.6) is 28.7 Å². The van der Waals surface area contributed by atoms with Gasteiger partial charge in [-0.25, -0.2) is 4.98 Å². The molecule has 46 heavy (non-hydrogen) atoms. The number of carbonyl (C=O) groups is 2. The predicted molar refractivity (Wildman–Crippen MR) is 166 cm³/mol. The maximum atomic E-state index is 13.4. The topological polar surface area (TPSA) is 143 Å². The Labute approximate surface area is 270 Å². The number of aromatic hydroxyl groups is 1. The molecule has 4 aliphatic rings. The number of nitrogens with zero attached hydrogens (tertiary/aromatic N) is 3. The van der Waals surface area contributed by atoms with E-state index in [1.807, 2.05) is 31.9 Å². The van der Waals surface area contributed by atoms with Gasteiger partial charge in [0.25, 0.3) is 5.91 Å². The van der Waals surface area contributed by atoms with E-state index in [2.05, 4.69) is 15.2 Å². The first kappa shape index (κ1) is 30.5. The fourth-order valence-electron chi connectivity index (χ4n) is 7.96. The van der Waals surface area contributed by atoms with Crippen LogP contribution in [0.2, 0.25) is 5.15 Å². The van der Waals surface area contributed by atoms with Gasteiger partial charge in [0.05, 0.1) is 30.8 Å². The number of hydrogen-bond donors (Lipinski definition) is 3. The minimum absolute atomic E-state index is 0.0309. The lowest BCUT2D eigenvalue weighted by molar-refractivity contribution is -0.171. The Morgan fingerprint density at radius 3 is 2.63 bits per heavy atom. The number of nitrogens with one attached hydrogen (secondary N) is 1. The van der Waals surface area contributed by atoms with Gasteiger partial charge in [0.2, 0.25) is 6.79 Å². The van der Waals surface area contributed by atoms with Crippen molar-refractivity contribution in [2.45, 2.75) is 64.0 Å². The lowest BCUT2D eigenvalue weighted by Crippen LogP contribution is -2.69. The number of likely N-dealkylation sites (N-methyl/N-ethyl adjacent to an activating group) is 1. The minimum Gasteiger partial charge on any atom is -0.504 e. The number of phenols is 1. The van der Waals surface area contributed by atoms with E-state index in [9.17, 15) is 19.8 Å². The Morgan fingerprint density at radius 1 is 1.15 bits per heavy atom. The highest BCUT2D eigenvalue weighted by Gasteiger charge is 2.56. The second-order valence-corrected chi connectivity index (χ2v) is 12.6. The molecule has 0 saturated carbocycles. The van der Waals surface area contributed by atoms with Crippen LogP contribution < -0.4 is 24.3 Å². The van der Waals surface area contributed by atoms with Gasteiger partial charge in [-0.3, -0.25) is 19.4 Å². The predicted octanol–water partition coefficient (Wildman–Crippen LogP) is 3.35. The molecule has 5 atom stereocenters. The van der Waals surface area contributed by atoms with Crippen molar-refractivity contribution in [3.05, 3.63) is 68.5 Å². The summed E-state index contributed by atoms with van der Waals surface area (Å²) in [6, 6.07) is 3.43. The third-order valence-corrected chi connectivity index (χ3v) is 10.1. The molecule has 2 bridgehead atoms. The van der Waals surface area contributed by atoms with Crippen LogP contribution in [0.3, 0.4) is 0 Å². The van der Waals surface area contributed by atoms with E-state index >= 15 is 0 Å². The molecule has 7 rings (SSSR count). The lowest BCUT2D eigenvalue weighted by atomic mass is 9.73. The number of aromatic nitrogens is 1. The Kier molecular flexibility index (Phi) is 7.51. The zero-order valence-electron chi connectivity index (χ0n) is 26.1. The SMILES string of the molecule is COc1c(C)cc2c(c1O)[C@@H]1C3Cc4c(OC(C)=O)c(C)c5c(c4[C@H](CNC(=O)c4cccnc4Cl)N3[C@@H](O)[C@H](C2)N1C)OCO5. The molecule has 1 amide bonds. The van der Waals surface area contributed by atoms with Crippen LogP contribution in [-0.2, 0) is 17.6 Å². The number of methoxy groups -OCH3 is 1. The van der Waals surface area contributed by atoms with E-state index in [4.69, 9.17) is 30.5 Å².